The van der Waals surface area contributed by atoms with Gasteiger partial charge in [-0.25, -0.2) is 9.97 Å². The average molecular weight is 280 g/mol. The number of hydrogen-bond acceptors (Lipinski definition) is 5. The van der Waals surface area contributed by atoms with E-state index in [1.165, 1.54) is 11.8 Å². The summed E-state index contributed by atoms with van der Waals surface area (Å²) in [6, 6.07) is 0.920. The molecule has 7 heteroatoms. The Morgan fingerprint density at radius 2 is 2.37 bits per heavy atom. The average Bonchev–Trinajstić information content (AvgIpc) is 2.78. The number of carboxylic acid groups (broad SMARTS) is 1. The molecular weight excluding hydrogens is 264 g/mol. The lowest BCUT2D eigenvalue weighted by Gasteiger charge is -2.27. The van der Waals surface area contributed by atoms with Gasteiger partial charge < -0.3 is 10.8 Å². The predicted octanol–water partition coefficient (Wildman–Crippen LogP) is 1.15. The third-order valence-electron chi connectivity index (χ3n) is 2.89. The first-order chi connectivity index (χ1) is 8.90. The quantitative estimate of drug-likeness (QED) is 0.853. The molecule has 0 aromatic carbocycles. The van der Waals surface area contributed by atoms with Crippen LogP contribution in [0.1, 0.15) is 19.5 Å². The van der Waals surface area contributed by atoms with E-state index in [1.54, 1.807) is 6.20 Å². The van der Waals surface area contributed by atoms with E-state index in [-0.39, 0.29) is 0 Å². The van der Waals surface area contributed by atoms with Crippen molar-refractivity contribution in [3.63, 3.8) is 0 Å². The first-order valence-electron chi connectivity index (χ1n) is 5.81. The highest BCUT2D eigenvalue weighted by Gasteiger charge is 2.32. The largest absolute Gasteiger partial charge is 0.480 e. The molecule has 102 valence electrons. The van der Waals surface area contributed by atoms with E-state index in [0.717, 1.165) is 5.69 Å². The van der Waals surface area contributed by atoms with Crippen molar-refractivity contribution in [1.29, 1.82) is 0 Å². The maximum absolute atomic E-state index is 10.9. The van der Waals surface area contributed by atoms with E-state index in [4.69, 9.17) is 10.8 Å². The summed E-state index contributed by atoms with van der Waals surface area (Å²) in [6.45, 7) is 3.65. The lowest BCUT2D eigenvalue weighted by atomic mass is 10.1. The number of thioether (sulfide) groups is 1. The predicted molar refractivity (Wildman–Crippen MR) is 74.0 cm³/mol. The van der Waals surface area contributed by atoms with Crippen molar-refractivity contribution in [3.8, 4) is 0 Å². The Morgan fingerprint density at radius 3 is 3.00 bits per heavy atom. The third-order valence-corrected chi connectivity index (χ3v) is 4.33. The first kappa shape index (κ1) is 13.8. The molecule has 0 aliphatic rings. The molecule has 0 bridgehead atoms. The number of nitrogens with zero attached hydrogens (tertiary/aromatic N) is 3. The van der Waals surface area contributed by atoms with Crippen molar-refractivity contribution in [2.75, 3.05) is 0 Å². The van der Waals surface area contributed by atoms with Crippen LogP contribution >= 0.6 is 11.8 Å². The minimum Gasteiger partial charge on any atom is -0.480 e. The van der Waals surface area contributed by atoms with Gasteiger partial charge in [-0.3, -0.25) is 9.20 Å². The highest BCUT2D eigenvalue weighted by atomic mass is 32.2. The fraction of sp³-hybridized carbons (Fsp3) is 0.417. The SMILES string of the molecule is CC(C)(SCc1cn2cccnc2n1)[C@H](N)C(=O)O. The van der Waals surface area contributed by atoms with Gasteiger partial charge in [0.25, 0.3) is 0 Å². The van der Waals surface area contributed by atoms with Gasteiger partial charge in [0, 0.05) is 29.1 Å². The van der Waals surface area contributed by atoms with Gasteiger partial charge in [0.2, 0.25) is 5.78 Å². The second kappa shape index (κ2) is 5.18. The fourth-order valence-corrected chi connectivity index (χ4v) is 2.54. The molecule has 0 amide bonds. The van der Waals surface area contributed by atoms with Gasteiger partial charge >= 0.3 is 5.97 Å². The van der Waals surface area contributed by atoms with Gasteiger partial charge in [-0.2, -0.15) is 0 Å². The van der Waals surface area contributed by atoms with Gasteiger partial charge in [-0.05, 0) is 19.9 Å². The molecular formula is C12H16N4O2S. The molecule has 19 heavy (non-hydrogen) atoms. The lowest BCUT2D eigenvalue weighted by Crippen LogP contribution is -2.46. The van der Waals surface area contributed by atoms with Crippen molar-refractivity contribution in [2.24, 2.45) is 5.73 Å². The van der Waals surface area contributed by atoms with Crippen LogP contribution < -0.4 is 5.73 Å². The molecule has 6 nitrogen and oxygen atoms in total. The van der Waals surface area contributed by atoms with Crippen molar-refractivity contribution >= 4 is 23.5 Å². The minimum absolute atomic E-state index is 0.560. The van der Waals surface area contributed by atoms with Crippen LogP contribution in [-0.2, 0) is 10.5 Å². The Bertz CT molecular complexity index is 563. The molecule has 0 aliphatic carbocycles. The maximum atomic E-state index is 10.9. The third kappa shape index (κ3) is 3.05. The summed E-state index contributed by atoms with van der Waals surface area (Å²) < 4.78 is 1.27. The molecule has 1 atom stereocenters. The molecule has 0 radical (unpaired) electrons. The zero-order valence-electron chi connectivity index (χ0n) is 10.8. The summed E-state index contributed by atoms with van der Waals surface area (Å²) in [6.07, 6.45) is 5.44. The molecule has 2 aromatic rings. The van der Waals surface area contributed by atoms with Crippen molar-refractivity contribution in [3.05, 3.63) is 30.4 Å². The van der Waals surface area contributed by atoms with Crippen molar-refractivity contribution < 1.29 is 9.90 Å². The number of fused-ring (bicyclic) bond motifs is 1. The van der Waals surface area contributed by atoms with Crippen LogP contribution in [-0.4, -0.2) is 36.2 Å². The number of hydrogen-bond donors (Lipinski definition) is 2. The van der Waals surface area contributed by atoms with E-state index in [1.807, 2.05) is 36.7 Å². The standard InChI is InChI=1S/C12H16N4O2S/c1-12(2,9(13)10(17)18)19-7-8-6-16-5-3-4-14-11(16)15-8/h3-6,9H,7,13H2,1-2H3,(H,17,18)/t9-/m1/s1. The van der Waals surface area contributed by atoms with Crippen LogP contribution in [0.25, 0.3) is 5.78 Å². The second-order valence-electron chi connectivity index (χ2n) is 4.77. The van der Waals surface area contributed by atoms with Gasteiger partial charge in [0.15, 0.2) is 0 Å². The van der Waals surface area contributed by atoms with Crippen LogP contribution in [0.5, 0.6) is 0 Å². The Labute approximate surface area is 115 Å². The molecule has 0 saturated heterocycles. The minimum atomic E-state index is -0.992. The van der Waals surface area contributed by atoms with Crippen LogP contribution in [0.2, 0.25) is 0 Å². The van der Waals surface area contributed by atoms with E-state index in [9.17, 15) is 4.79 Å². The Kier molecular flexibility index (Phi) is 3.77. The van der Waals surface area contributed by atoms with Gasteiger partial charge in [-0.1, -0.05) is 0 Å². The van der Waals surface area contributed by atoms with E-state index >= 15 is 0 Å². The molecule has 3 N–H and O–H groups in total. The fourth-order valence-electron chi connectivity index (χ4n) is 1.60. The summed E-state index contributed by atoms with van der Waals surface area (Å²) in [4.78, 5) is 19.4. The normalized spacial score (nSPS) is 13.6. The van der Waals surface area contributed by atoms with E-state index in [2.05, 4.69) is 9.97 Å². The number of carboxylic acids is 1. The van der Waals surface area contributed by atoms with Gasteiger partial charge in [0.05, 0.1) is 5.69 Å². The summed E-state index contributed by atoms with van der Waals surface area (Å²) in [5.41, 5.74) is 6.53. The zero-order chi connectivity index (χ0) is 14.0. The Morgan fingerprint density at radius 1 is 1.63 bits per heavy atom. The number of carbonyl (C=O) groups is 1. The monoisotopic (exact) mass is 280 g/mol. The Hall–Kier alpha value is -1.60. The summed E-state index contributed by atoms with van der Waals surface area (Å²) >= 11 is 1.47. The lowest BCUT2D eigenvalue weighted by molar-refractivity contribution is -0.139. The summed E-state index contributed by atoms with van der Waals surface area (Å²) in [5, 5.41) is 8.96. The smallest absolute Gasteiger partial charge is 0.321 e. The van der Waals surface area contributed by atoms with Gasteiger partial charge in [-0.15, -0.1) is 11.8 Å². The molecule has 2 aromatic heterocycles. The number of aromatic nitrogens is 3. The topological polar surface area (TPSA) is 93.5 Å². The molecule has 2 heterocycles. The van der Waals surface area contributed by atoms with Crippen molar-refractivity contribution in [2.45, 2.75) is 30.4 Å². The molecule has 0 aliphatic heterocycles. The number of rotatable bonds is 5. The highest BCUT2D eigenvalue weighted by Crippen LogP contribution is 2.30. The van der Waals surface area contributed by atoms with Crippen LogP contribution in [0.3, 0.4) is 0 Å². The van der Waals surface area contributed by atoms with Crippen LogP contribution in [0.4, 0.5) is 0 Å². The van der Waals surface area contributed by atoms with Gasteiger partial charge in [0.1, 0.15) is 6.04 Å². The summed E-state index contributed by atoms with van der Waals surface area (Å²) in [5.74, 6) is 0.241. The summed E-state index contributed by atoms with van der Waals surface area (Å²) in [7, 11) is 0. The number of imidazole rings is 1. The zero-order valence-corrected chi connectivity index (χ0v) is 11.6. The van der Waals surface area contributed by atoms with E-state index < -0.39 is 16.8 Å². The second-order valence-corrected chi connectivity index (χ2v) is 6.40. The molecule has 0 fully saturated rings. The maximum Gasteiger partial charge on any atom is 0.321 e. The van der Waals surface area contributed by atoms with Crippen molar-refractivity contribution in [1.82, 2.24) is 14.4 Å². The number of nitrogens with two attached hydrogens (primary N) is 1. The van der Waals surface area contributed by atoms with Crippen LogP contribution in [0.15, 0.2) is 24.7 Å². The molecule has 2 rings (SSSR count). The van der Waals surface area contributed by atoms with E-state index in [0.29, 0.717) is 11.5 Å². The van der Waals surface area contributed by atoms with Crippen LogP contribution in [0, 0.1) is 0 Å². The highest BCUT2D eigenvalue weighted by molar-refractivity contribution is 7.99. The first-order valence-corrected chi connectivity index (χ1v) is 6.79. The molecule has 0 unspecified atom stereocenters. The Balaban J connectivity index is 2.07. The number of aliphatic carboxylic acids is 1. The molecule has 0 spiro atoms. The molecule has 0 saturated carbocycles.